The topological polar surface area (TPSA) is 69.5 Å². The Labute approximate surface area is 140 Å². The van der Waals surface area contributed by atoms with Crippen LogP contribution in [0.3, 0.4) is 0 Å². The zero-order valence-electron chi connectivity index (χ0n) is 14.0. The third kappa shape index (κ3) is 2.95. The Morgan fingerprint density at radius 2 is 1.92 bits per heavy atom. The average molecular weight is 328 g/mol. The molecule has 0 spiro atoms. The number of imidazole rings is 1. The molecule has 0 saturated heterocycles. The van der Waals surface area contributed by atoms with Gasteiger partial charge in [-0.1, -0.05) is 0 Å². The Morgan fingerprint density at radius 1 is 1.08 bits per heavy atom. The summed E-state index contributed by atoms with van der Waals surface area (Å²) < 4.78 is 22.2. The summed E-state index contributed by atoms with van der Waals surface area (Å²) >= 11 is 0. The molecule has 0 aliphatic rings. The highest BCUT2D eigenvalue weighted by molar-refractivity contribution is 5.77. The number of ether oxygens (including phenoxy) is 3. The smallest absolute Gasteiger partial charge is 0.204 e. The lowest BCUT2D eigenvalue weighted by atomic mass is 9.98. The van der Waals surface area contributed by atoms with Gasteiger partial charge in [0.05, 0.1) is 33.2 Å². The number of nitrogens with zero attached hydrogens (tertiary/aromatic N) is 1. The van der Waals surface area contributed by atoms with E-state index >= 15 is 0 Å². The average Bonchev–Trinajstić information content (AvgIpc) is 3.31. The van der Waals surface area contributed by atoms with E-state index in [-0.39, 0.29) is 0 Å². The Hall–Kier alpha value is -2.89. The number of nitrogens with one attached hydrogen (secondary N) is 1. The molecule has 6 heteroatoms. The monoisotopic (exact) mass is 328 g/mol. The number of aromatic amines is 1. The van der Waals surface area contributed by atoms with Crippen molar-refractivity contribution in [3.05, 3.63) is 48.2 Å². The van der Waals surface area contributed by atoms with Gasteiger partial charge in [0.2, 0.25) is 5.75 Å². The van der Waals surface area contributed by atoms with Gasteiger partial charge in [0.25, 0.3) is 0 Å². The van der Waals surface area contributed by atoms with Crippen molar-refractivity contribution in [3.8, 4) is 28.6 Å². The summed E-state index contributed by atoms with van der Waals surface area (Å²) in [7, 11) is 4.81. The molecular formula is C18H20N2O4. The summed E-state index contributed by atoms with van der Waals surface area (Å²) in [5.74, 6) is 3.42. The minimum Gasteiger partial charge on any atom is -0.493 e. The molecule has 1 N–H and O–H groups in total. The normalized spacial score (nSPS) is 10.6. The van der Waals surface area contributed by atoms with Gasteiger partial charge < -0.3 is 23.6 Å². The highest BCUT2D eigenvalue weighted by atomic mass is 16.5. The maximum atomic E-state index is 5.62. The van der Waals surface area contributed by atoms with E-state index < -0.39 is 0 Å². The number of furan rings is 1. The molecule has 0 unspecified atom stereocenters. The second-order valence-corrected chi connectivity index (χ2v) is 5.19. The van der Waals surface area contributed by atoms with Crippen LogP contribution in [0.4, 0.5) is 0 Å². The second-order valence-electron chi connectivity index (χ2n) is 5.19. The number of aromatic nitrogens is 2. The van der Waals surface area contributed by atoms with Crippen LogP contribution in [0.2, 0.25) is 0 Å². The van der Waals surface area contributed by atoms with Crippen molar-refractivity contribution >= 4 is 0 Å². The molecule has 2 aromatic heterocycles. The highest BCUT2D eigenvalue weighted by Gasteiger charge is 2.23. The first-order valence-electron chi connectivity index (χ1n) is 7.62. The minimum absolute atomic E-state index is 0.549. The van der Waals surface area contributed by atoms with Crippen molar-refractivity contribution in [2.75, 3.05) is 21.3 Å². The van der Waals surface area contributed by atoms with Crippen LogP contribution in [-0.4, -0.2) is 31.3 Å². The highest BCUT2D eigenvalue weighted by Crippen LogP contribution is 2.47. The lowest BCUT2D eigenvalue weighted by Crippen LogP contribution is -2.02. The van der Waals surface area contributed by atoms with E-state index in [1.807, 2.05) is 24.4 Å². The molecule has 0 aliphatic carbocycles. The lowest BCUT2D eigenvalue weighted by Gasteiger charge is -2.18. The van der Waals surface area contributed by atoms with Crippen LogP contribution in [0.25, 0.3) is 11.3 Å². The summed E-state index contributed by atoms with van der Waals surface area (Å²) in [6.07, 6.45) is 6.72. The SMILES string of the molecule is COc1cc(CCc2ncc[nH]2)c(-c2ccco2)c(OC)c1OC. The summed E-state index contributed by atoms with van der Waals surface area (Å²) in [6, 6.07) is 5.71. The van der Waals surface area contributed by atoms with Gasteiger partial charge >= 0.3 is 0 Å². The first kappa shape index (κ1) is 16.0. The van der Waals surface area contributed by atoms with Gasteiger partial charge in [0, 0.05) is 18.8 Å². The molecular weight excluding hydrogens is 308 g/mol. The first-order chi connectivity index (χ1) is 11.8. The van der Waals surface area contributed by atoms with E-state index in [0.717, 1.165) is 35.6 Å². The van der Waals surface area contributed by atoms with Crippen molar-refractivity contribution in [3.63, 3.8) is 0 Å². The maximum absolute atomic E-state index is 5.62. The molecule has 0 aliphatic heterocycles. The van der Waals surface area contributed by atoms with Crippen LogP contribution in [0, 0.1) is 0 Å². The number of methoxy groups -OCH3 is 3. The van der Waals surface area contributed by atoms with Gasteiger partial charge in [-0.05, 0) is 30.2 Å². The summed E-state index contributed by atoms with van der Waals surface area (Å²) in [4.78, 5) is 7.40. The zero-order valence-corrected chi connectivity index (χ0v) is 14.0. The van der Waals surface area contributed by atoms with Crippen LogP contribution < -0.4 is 14.2 Å². The molecule has 3 rings (SSSR count). The third-order valence-corrected chi connectivity index (χ3v) is 3.87. The third-order valence-electron chi connectivity index (χ3n) is 3.87. The number of benzene rings is 1. The fraction of sp³-hybridized carbons (Fsp3) is 0.278. The van der Waals surface area contributed by atoms with Gasteiger partial charge in [0.1, 0.15) is 11.6 Å². The number of aryl methyl sites for hydroxylation is 2. The Kier molecular flexibility index (Phi) is 4.74. The van der Waals surface area contributed by atoms with Crippen LogP contribution in [0.1, 0.15) is 11.4 Å². The van der Waals surface area contributed by atoms with E-state index in [4.69, 9.17) is 18.6 Å². The minimum atomic E-state index is 0.549. The van der Waals surface area contributed by atoms with Crippen molar-refractivity contribution in [2.24, 2.45) is 0 Å². The molecule has 24 heavy (non-hydrogen) atoms. The lowest BCUT2D eigenvalue weighted by molar-refractivity contribution is 0.324. The van der Waals surface area contributed by atoms with Gasteiger partial charge in [-0.3, -0.25) is 0 Å². The zero-order chi connectivity index (χ0) is 16.9. The fourth-order valence-corrected chi connectivity index (χ4v) is 2.78. The molecule has 6 nitrogen and oxygen atoms in total. The Bertz CT molecular complexity index is 780. The van der Waals surface area contributed by atoms with Crippen LogP contribution >= 0.6 is 0 Å². The van der Waals surface area contributed by atoms with Crippen LogP contribution in [0.15, 0.2) is 41.3 Å². The van der Waals surface area contributed by atoms with Crippen molar-refractivity contribution in [1.29, 1.82) is 0 Å². The van der Waals surface area contributed by atoms with E-state index in [0.29, 0.717) is 17.2 Å². The molecule has 126 valence electrons. The summed E-state index contributed by atoms with van der Waals surface area (Å²) in [5.41, 5.74) is 1.91. The Morgan fingerprint density at radius 3 is 2.50 bits per heavy atom. The number of hydrogen-bond acceptors (Lipinski definition) is 5. The van der Waals surface area contributed by atoms with E-state index in [9.17, 15) is 0 Å². The van der Waals surface area contributed by atoms with Crippen molar-refractivity contribution in [1.82, 2.24) is 9.97 Å². The largest absolute Gasteiger partial charge is 0.493 e. The predicted octanol–water partition coefficient (Wildman–Crippen LogP) is 3.48. The second kappa shape index (κ2) is 7.12. The van der Waals surface area contributed by atoms with Crippen LogP contribution in [-0.2, 0) is 12.8 Å². The molecule has 0 amide bonds. The van der Waals surface area contributed by atoms with E-state index in [1.165, 1.54) is 0 Å². The van der Waals surface area contributed by atoms with Gasteiger partial charge in [0.15, 0.2) is 11.5 Å². The molecule has 2 heterocycles. The number of H-pyrrole nitrogens is 1. The van der Waals surface area contributed by atoms with E-state index in [2.05, 4.69) is 9.97 Å². The standard InChI is InChI=1S/C18H20N2O4/c1-21-14-11-12(6-7-15-19-8-9-20-15)16(13-5-4-10-24-13)18(23-3)17(14)22-2/h4-5,8-11H,6-7H2,1-3H3,(H,19,20). The molecule has 0 saturated carbocycles. The van der Waals surface area contributed by atoms with Gasteiger partial charge in [-0.2, -0.15) is 0 Å². The maximum Gasteiger partial charge on any atom is 0.204 e. The molecule has 0 fully saturated rings. The molecule has 0 bridgehead atoms. The predicted molar refractivity (Wildman–Crippen MR) is 89.8 cm³/mol. The first-order valence-corrected chi connectivity index (χ1v) is 7.62. The van der Waals surface area contributed by atoms with Gasteiger partial charge in [-0.25, -0.2) is 4.98 Å². The quantitative estimate of drug-likeness (QED) is 0.719. The fourth-order valence-electron chi connectivity index (χ4n) is 2.78. The Balaban J connectivity index is 2.10. The molecule has 1 aromatic carbocycles. The molecule has 0 radical (unpaired) electrons. The molecule has 3 aromatic rings. The number of hydrogen-bond donors (Lipinski definition) is 1. The number of rotatable bonds is 7. The van der Waals surface area contributed by atoms with E-state index in [1.54, 1.807) is 33.8 Å². The van der Waals surface area contributed by atoms with Crippen molar-refractivity contribution < 1.29 is 18.6 Å². The summed E-state index contributed by atoms with van der Waals surface area (Å²) in [5, 5.41) is 0. The molecule has 0 atom stereocenters. The van der Waals surface area contributed by atoms with Gasteiger partial charge in [-0.15, -0.1) is 0 Å². The van der Waals surface area contributed by atoms with Crippen molar-refractivity contribution in [2.45, 2.75) is 12.8 Å². The summed E-state index contributed by atoms with van der Waals surface area (Å²) in [6.45, 7) is 0. The van der Waals surface area contributed by atoms with Crippen LogP contribution in [0.5, 0.6) is 17.2 Å².